The molecule has 27 heavy (non-hydrogen) atoms. The quantitative estimate of drug-likeness (QED) is 0.622. The van der Waals surface area contributed by atoms with E-state index in [2.05, 4.69) is 19.9 Å². The fraction of sp³-hybridized carbons (Fsp3) is 0.833. The molecule has 3 nitrogen and oxygen atoms in total. The van der Waals surface area contributed by atoms with E-state index in [0.717, 1.165) is 55.8 Å². The Kier molecular flexibility index (Phi) is 3.16. The summed E-state index contributed by atoms with van der Waals surface area (Å²) >= 11 is 0. The summed E-state index contributed by atoms with van der Waals surface area (Å²) in [7, 11) is 0. The molecule has 6 aliphatic rings. The van der Waals surface area contributed by atoms with E-state index < -0.39 is 0 Å². The smallest absolute Gasteiger partial charge is 0.306 e. The van der Waals surface area contributed by atoms with E-state index in [9.17, 15) is 9.59 Å². The minimum atomic E-state index is -0.154. The van der Waals surface area contributed by atoms with Gasteiger partial charge in [-0.3, -0.25) is 9.59 Å². The molecule has 3 heteroatoms. The normalized spacial score (nSPS) is 55.3. The van der Waals surface area contributed by atoms with Gasteiger partial charge in [-0.25, -0.2) is 0 Å². The number of hydrogen-bond acceptors (Lipinski definition) is 3. The first kappa shape index (κ1) is 16.8. The molecule has 146 valence electrons. The number of esters is 1. The van der Waals surface area contributed by atoms with Crippen molar-refractivity contribution in [2.75, 3.05) is 0 Å². The van der Waals surface area contributed by atoms with E-state index in [0.29, 0.717) is 18.1 Å². The van der Waals surface area contributed by atoms with Gasteiger partial charge < -0.3 is 4.74 Å². The van der Waals surface area contributed by atoms with Crippen molar-refractivity contribution in [3.05, 3.63) is 11.6 Å². The van der Waals surface area contributed by atoms with Gasteiger partial charge in [0.15, 0.2) is 5.78 Å². The Morgan fingerprint density at radius 3 is 2.63 bits per heavy atom. The highest BCUT2D eigenvalue weighted by atomic mass is 16.6. The van der Waals surface area contributed by atoms with Gasteiger partial charge in [0.2, 0.25) is 0 Å². The molecular weight excluding hydrogens is 336 g/mol. The predicted molar refractivity (Wildman–Crippen MR) is 102 cm³/mol. The van der Waals surface area contributed by atoms with Crippen molar-refractivity contribution < 1.29 is 14.3 Å². The van der Waals surface area contributed by atoms with Gasteiger partial charge in [0.1, 0.15) is 5.60 Å². The largest absolute Gasteiger partial charge is 0.458 e. The van der Waals surface area contributed by atoms with Gasteiger partial charge in [-0.05, 0) is 92.4 Å². The van der Waals surface area contributed by atoms with Crippen LogP contribution in [0.5, 0.6) is 0 Å². The lowest BCUT2D eigenvalue weighted by Crippen LogP contribution is -2.56. The Balaban J connectivity index is 1.42. The first-order valence-electron chi connectivity index (χ1n) is 11.4. The first-order chi connectivity index (χ1) is 12.9. The molecule has 1 heterocycles. The third-order valence-corrected chi connectivity index (χ3v) is 10.4. The van der Waals surface area contributed by atoms with Gasteiger partial charge >= 0.3 is 5.97 Å². The predicted octanol–water partition coefficient (Wildman–Crippen LogP) is 4.84. The molecule has 8 atom stereocenters. The van der Waals surface area contributed by atoms with Crippen LogP contribution in [0.1, 0.15) is 78.1 Å². The molecule has 1 saturated heterocycles. The summed E-state index contributed by atoms with van der Waals surface area (Å²) in [6.45, 7) is 4.84. The standard InChI is InChI=1S/C24H32O3/c1-3-23-9-5-17-21(18(23)6-10-24(23)11-7-20(26)27-24)16-13-15(16)19-12-14(25)4-8-22(17,19)2/h12,15-18,21H,3-11,13H2,1-2H3/t15?,16?,17-,18-,21+,22+,23-,24+/m0/s1. The minimum Gasteiger partial charge on any atom is -0.458 e. The lowest BCUT2D eigenvalue weighted by Gasteiger charge is -2.59. The van der Waals surface area contributed by atoms with Crippen molar-refractivity contribution in [1.82, 2.24) is 0 Å². The minimum absolute atomic E-state index is 0.0431. The van der Waals surface area contributed by atoms with Crippen molar-refractivity contribution in [2.45, 2.75) is 83.7 Å². The van der Waals surface area contributed by atoms with Crippen LogP contribution in [0.2, 0.25) is 0 Å². The van der Waals surface area contributed by atoms with Crippen LogP contribution in [0.3, 0.4) is 0 Å². The van der Waals surface area contributed by atoms with E-state index in [-0.39, 0.29) is 22.4 Å². The molecule has 5 aliphatic carbocycles. The van der Waals surface area contributed by atoms with Crippen molar-refractivity contribution >= 4 is 11.8 Å². The number of hydrogen-bond donors (Lipinski definition) is 0. The maximum absolute atomic E-state index is 12.1. The summed E-state index contributed by atoms with van der Waals surface area (Å²) in [5.74, 6) is 4.12. The van der Waals surface area contributed by atoms with Crippen LogP contribution in [-0.4, -0.2) is 17.4 Å². The first-order valence-corrected chi connectivity index (χ1v) is 11.4. The lowest BCUT2D eigenvalue weighted by molar-refractivity contribution is -0.173. The topological polar surface area (TPSA) is 43.4 Å². The van der Waals surface area contributed by atoms with E-state index in [4.69, 9.17) is 4.74 Å². The van der Waals surface area contributed by atoms with Crippen LogP contribution in [0, 0.1) is 40.4 Å². The number of carbonyl (C=O) groups excluding carboxylic acids is 2. The number of fused-ring (bicyclic) bond motifs is 9. The van der Waals surface area contributed by atoms with E-state index in [1.54, 1.807) is 0 Å². The summed E-state index contributed by atoms with van der Waals surface area (Å²) in [6.07, 6.45) is 12.7. The molecule has 6 rings (SSSR count). The van der Waals surface area contributed by atoms with Crippen LogP contribution in [0.4, 0.5) is 0 Å². The van der Waals surface area contributed by atoms with Crippen molar-refractivity contribution in [3.63, 3.8) is 0 Å². The molecule has 5 fully saturated rings. The van der Waals surface area contributed by atoms with Crippen LogP contribution < -0.4 is 0 Å². The summed E-state index contributed by atoms with van der Waals surface area (Å²) < 4.78 is 6.15. The molecule has 2 unspecified atom stereocenters. The third-order valence-electron chi connectivity index (χ3n) is 10.4. The fourth-order valence-electron chi connectivity index (χ4n) is 9.23. The summed E-state index contributed by atoms with van der Waals surface area (Å²) in [4.78, 5) is 24.2. The molecule has 0 amide bonds. The molecule has 0 aromatic rings. The fourth-order valence-corrected chi connectivity index (χ4v) is 9.23. The highest BCUT2D eigenvalue weighted by Crippen LogP contribution is 2.76. The molecule has 0 bridgehead atoms. The second-order valence-corrected chi connectivity index (χ2v) is 10.8. The highest BCUT2D eigenvalue weighted by molar-refractivity contribution is 5.92. The zero-order valence-electron chi connectivity index (χ0n) is 16.8. The average molecular weight is 369 g/mol. The van der Waals surface area contributed by atoms with Crippen LogP contribution in [0.25, 0.3) is 0 Å². The maximum Gasteiger partial charge on any atom is 0.306 e. The Labute approximate surface area is 162 Å². The molecule has 0 N–H and O–H groups in total. The second-order valence-electron chi connectivity index (χ2n) is 10.8. The number of allylic oxidation sites excluding steroid dienone is 1. The van der Waals surface area contributed by atoms with Gasteiger partial charge in [0.05, 0.1) is 0 Å². The average Bonchev–Trinajstić information content (AvgIpc) is 3.27. The van der Waals surface area contributed by atoms with Crippen LogP contribution in [-0.2, 0) is 14.3 Å². The van der Waals surface area contributed by atoms with Crippen molar-refractivity contribution in [2.24, 2.45) is 40.4 Å². The van der Waals surface area contributed by atoms with E-state index in [1.165, 1.54) is 31.3 Å². The van der Waals surface area contributed by atoms with E-state index >= 15 is 0 Å². The summed E-state index contributed by atoms with van der Waals surface area (Å²) in [5, 5.41) is 0. The Hall–Kier alpha value is -1.12. The number of ketones is 1. The molecule has 0 aromatic heterocycles. The maximum atomic E-state index is 12.1. The van der Waals surface area contributed by atoms with Crippen molar-refractivity contribution in [3.8, 4) is 0 Å². The van der Waals surface area contributed by atoms with Crippen LogP contribution in [0.15, 0.2) is 11.6 Å². The molecular formula is C24H32O3. The van der Waals surface area contributed by atoms with Crippen molar-refractivity contribution in [1.29, 1.82) is 0 Å². The van der Waals surface area contributed by atoms with Gasteiger partial charge in [-0.2, -0.15) is 0 Å². The Morgan fingerprint density at radius 2 is 1.89 bits per heavy atom. The van der Waals surface area contributed by atoms with Gasteiger partial charge in [0.25, 0.3) is 0 Å². The Bertz CT molecular complexity index is 768. The van der Waals surface area contributed by atoms with Gasteiger partial charge in [0, 0.05) is 18.3 Å². The highest BCUT2D eigenvalue weighted by Gasteiger charge is 2.72. The Morgan fingerprint density at radius 1 is 1.07 bits per heavy atom. The molecule has 0 radical (unpaired) electrons. The zero-order chi connectivity index (χ0) is 18.6. The summed E-state index contributed by atoms with van der Waals surface area (Å²) in [5.41, 5.74) is 1.83. The third kappa shape index (κ3) is 1.85. The summed E-state index contributed by atoms with van der Waals surface area (Å²) in [6, 6.07) is 0. The van der Waals surface area contributed by atoms with Crippen LogP contribution >= 0.6 is 0 Å². The molecule has 0 aromatic carbocycles. The molecule has 4 saturated carbocycles. The molecule has 1 spiro atoms. The SMILES string of the molecule is CC[C@]12CC[C@H]3[C@@H](C4CC4C4=CC(=O)CC[C@@]43C)[C@@H]1CC[C@@]21CCC(=O)O1. The second kappa shape index (κ2) is 5.07. The number of ether oxygens (including phenoxy) is 1. The monoisotopic (exact) mass is 368 g/mol. The van der Waals surface area contributed by atoms with E-state index in [1.807, 2.05) is 0 Å². The number of rotatable bonds is 1. The van der Waals surface area contributed by atoms with Gasteiger partial charge in [-0.1, -0.05) is 19.4 Å². The lowest BCUT2D eigenvalue weighted by atomic mass is 9.45. The van der Waals surface area contributed by atoms with Gasteiger partial charge in [-0.15, -0.1) is 0 Å². The molecule has 1 aliphatic heterocycles. The number of carbonyl (C=O) groups is 2. The zero-order valence-corrected chi connectivity index (χ0v) is 16.8.